The van der Waals surface area contributed by atoms with Gasteiger partial charge in [0.05, 0.1) is 6.20 Å². The minimum atomic E-state index is -0.307. The Morgan fingerprint density at radius 3 is 2.05 bits per heavy atom. The van der Waals surface area contributed by atoms with Crippen molar-refractivity contribution in [3.63, 3.8) is 0 Å². The topological polar surface area (TPSA) is 48.4 Å². The average molecular weight is 302 g/mol. The van der Waals surface area contributed by atoms with E-state index >= 15 is 0 Å². The zero-order chi connectivity index (χ0) is 15.5. The Morgan fingerprint density at radius 2 is 1.55 bits per heavy atom. The Balaban J connectivity index is 1.62. The third-order valence-corrected chi connectivity index (χ3v) is 3.73. The van der Waals surface area contributed by atoms with E-state index in [9.17, 15) is 4.39 Å². The van der Waals surface area contributed by atoms with Gasteiger partial charge in [0.25, 0.3) is 0 Å². The van der Waals surface area contributed by atoms with Gasteiger partial charge in [0.15, 0.2) is 11.6 Å². The van der Waals surface area contributed by atoms with Crippen molar-refractivity contribution in [1.82, 2.24) is 15.2 Å². The maximum atomic E-state index is 12.9. The molecule has 2 aromatic rings. The first-order valence-corrected chi connectivity index (χ1v) is 7.26. The number of halogens is 1. The Kier molecular flexibility index (Phi) is 4.04. The molecule has 1 fully saturated rings. The molecule has 7 heteroatoms. The molecule has 1 aliphatic rings. The van der Waals surface area contributed by atoms with Crippen molar-refractivity contribution in [2.45, 2.75) is 0 Å². The van der Waals surface area contributed by atoms with Gasteiger partial charge in [-0.2, -0.15) is 0 Å². The van der Waals surface area contributed by atoms with Crippen LogP contribution in [0.4, 0.5) is 21.8 Å². The van der Waals surface area contributed by atoms with E-state index in [4.69, 9.17) is 0 Å². The first-order valence-electron chi connectivity index (χ1n) is 7.26. The van der Waals surface area contributed by atoms with Gasteiger partial charge in [0.1, 0.15) is 11.6 Å². The molecule has 0 aliphatic carbocycles. The monoisotopic (exact) mass is 302 g/mol. The Labute approximate surface area is 129 Å². The molecule has 0 unspecified atom stereocenters. The van der Waals surface area contributed by atoms with Crippen LogP contribution in [0, 0.1) is 5.82 Å². The van der Waals surface area contributed by atoms with Crippen LogP contribution in [-0.2, 0) is 0 Å². The molecule has 0 aromatic carbocycles. The molecule has 3 rings (SSSR count). The largest absolute Gasteiger partial charge is 0.361 e. The second kappa shape index (κ2) is 6.13. The highest BCUT2D eigenvalue weighted by Gasteiger charge is 2.19. The number of anilines is 3. The lowest BCUT2D eigenvalue weighted by molar-refractivity contribution is 0.613. The van der Waals surface area contributed by atoms with Crippen LogP contribution < -0.4 is 14.7 Å². The van der Waals surface area contributed by atoms with Crippen LogP contribution in [0.15, 0.2) is 30.5 Å². The number of pyridine rings is 1. The number of hydrogen-bond acceptors (Lipinski definition) is 6. The summed E-state index contributed by atoms with van der Waals surface area (Å²) in [6, 6.07) is 7.13. The number of aromatic nitrogens is 3. The summed E-state index contributed by atoms with van der Waals surface area (Å²) in [5.41, 5.74) is 0. The van der Waals surface area contributed by atoms with Crippen molar-refractivity contribution in [3.8, 4) is 0 Å². The van der Waals surface area contributed by atoms with Gasteiger partial charge in [0.2, 0.25) is 0 Å². The summed E-state index contributed by atoms with van der Waals surface area (Å²) in [4.78, 5) is 10.4. The molecular weight excluding hydrogens is 283 g/mol. The molecule has 0 spiro atoms. The summed E-state index contributed by atoms with van der Waals surface area (Å²) >= 11 is 0. The second-order valence-electron chi connectivity index (χ2n) is 5.45. The lowest BCUT2D eigenvalue weighted by Gasteiger charge is -2.35. The summed E-state index contributed by atoms with van der Waals surface area (Å²) in [6.07, 6.45) is 1.26. The van der Waals surface area contributed by atoms with Gasteiger partial charge in [-0.3, -0.25) is 0 Å². The van der Waals surface area contributed by atoms with E-state index < -0.39 is 0 Å². The predicted octanol–water partition coefficient (Wildman–Crippen LogP) is 1.40. The number of rotatable bonds is 3. The number of hydrogen-bond donors (Lipinski definition) is 0. The van der Waals surface area contributed by atoms with Gasteiger partial charge in [-0.05, 0) is 24.3 Å². The molecule has 0 saturated carbocycles. The molecule has 0 radical (unpaired) electrons. The average Bonchev–Trinajstić information content (AvgIpc) is 2.56. The molecule has 0 atom stereocenters. The molecule has 0 N–H and O–H groups in total. The molecule has 0 bridgehead atoms. The highest BCUT2D eigenvalue weighted by Crippen LogP contribution is 2.18. The summed E-state index contributed by atoms with van der Waals surface area (Å²) in [5, 5.41) is 8.49. The summed E-state index contributed by atoms with van der Waals surface area (Å²) in [7, 11) is 3.89. The Morgan fingerprint density at radius 1 is 0.909 bits per heavy atom. The predicted molar refractivity (Wildman–Crippen MR) is 85.0 cm³/mol. The normalized spacial score (nSPS) is 15.0. The standard InChI is InChI=1S/C15H19FN6/c1-20(2)14-5-6-15(19-18-14)22-9-7-21(8-10-22)13-4-3-12(16)11-17-13/h3-6,11H,7-10H2,1-2H3. The van der Waals surface area contributed by atoms with E-state index in [0.29, 0.717) is 0 Å². The first-order chi connectivity index (χ1) is 10.6. The highest BCUT2D eigenvalue weighted by atomic mass is 19.1. The number of piperazine rings is 1. The lowest BCUT2D eigenvalue weighted by Crippen LogP contribution is -2.47. The van der Waals surface area contributed by atoms with Gasteiger partial charge in [-0.1, -0.05) is 0 Å². The molecule has 6 nitrogen and oxygen atoms in total. The van der Waals surface area contributed by atoms with Crippen molar-refractivity contribution in [2.75, 3.05) is 55.0 Å². The van der Waals surface area contributed by atoms with Crippen LogP contribution in [0.25, 0.3) is 0 Å². The maximum absolute atomic E-state index is 12.9. The first kappa shape index (κ1) is 14.5. The molecule has 1 aliphatic heterocycles. The zero-order valence-electron chi connectivity index (χ0n) is 12.8. The van der Waals surface area contributed by atoms with Crippen molar-refractivity contribution < 1.29 is 4.39 Å². The van der Waals surface area contributed by atoms with E-state index in [1.165, 1.54) is 12.3 Å². The van der Waals surface area contributed by atoms with E-state index in [2.05, 4.69) is 25.0 Å². The third-order valence-electron chi connectivity index (χ3n) is 3.73. The van der Waals surface area contributed by atoms with Crippen LogP contribution >= 0.6 is 0 Å². The minimum absolute atomic E-state index is 0.307. The SMILES string of the molecule is CN(C)c1ccc(N2CCN(c3ccc(F)cn3)CC2)nn1. The molecule has 3 heterocycles. The van der Waals surface area contributed by atoms with Gasteiger partial charge in [0, 0.05) is 40.3 Å². The summed E-state index contributed by atoms with van der Waals surface area (Å²) in [5.74, 6) is 2.24. The van der Waals surface area contributed by atoms with Gasteiger partial charge < -0.3 is 14.7 Å². The Bertz CT molecular complexity index is 605. The second-order valence-corrected chi connectivity index (χ2v) is 5.45. The molecule has 1 saturated heterocycles. The van der Waals surface area contributed by atoms with Crippen molar-refractivity contribution in [1.29, 1.82) is 0 Å². The van der Waals surface area contributed by atoms with Crippen molar-refractivity contribution >= 4 is 17.5 Å². The van der Waals surface area contributed by atoms with Crippen LogP contribution in [0.1, 0.15) is 0 Å². The molecular formula is C15H19FN6. The van der Waals surface area contributed by atoms with E-state index in [-0.39, 0.29) is 5.82 Å². The fourth-order valence-electron chi connectivity index (χ4n) is 2.45. The third kappa shape index (κ3) is 3.08. The van der Waals surface area contributed by atoms with Gasteiger partial charge in [-0.15, -0.1) is 10.2 Å². The van der Waals surface area contributed by atoms with E-state index in [1.54, 1.807) is 6.07 Å². The lowest BCUT2D eigenvalue weighted by atomic mass is 10.3. The van der Waals surface area contributed by atoms with Gasteiger partial charge in [-0.25, -0.2) is 9.37 Å². The van der Waals surface area contributed by atoms with Crippen molar-refractivity contribution in [2.24, 2.45) is 0 Å². The molecule has 2 aromatic heterocycles. The molecule has 0 amide bonds. The number of nitrogens with zero attached hydrogens (tertiary/aromatic N) is 6. The van der Waals surface area contributed by atoms with Crippen LogP contribution in [-0.4, -0.2) is 55.5 Å². The fraction of sp³-hybridized carbons (Fsp3) is 0.400. The highest BCUT2D eigenvalue weighted by molar-refractivity contribution is 5.47. The molecule has 116 valence electrons. The summed E-state index contributed by atoms with van der Waals surface area (Å²) in [6.45, 7) is 3.34. The Hall–Kier alpha value is -2.44. The van der Waals surface area contributed by atoms with Crippen LogP contribution in [0.2, 0.25) is 0 Å². The van der Waals surface area contributed by atoms with Gasteiger partial charge >= 0.3 is 0 Å². The van der Waals surface area contributed by atoms with E-state index in [1.807, 2.05) is 31.1 Å². The van der Waals surface area contributed by atoms with E-state index in [0.717, 1.165) is 43.6 Å². The molecule has 22 heavy (non-hydrogen) atoms. The van der Waals surface area contributed by atoms with Crippen molar-refractivity contribution in [3.05, 3.63) is 36.3 Å². The fourth-order valence-corrected chi connectivity index (χ4v) is 2.45. The van der Waals surface area contributed by atoms with Crippen LogP contribution in [0.5, 0.6) is 0 Å². The quantitative estimate of drug-likeness (QED) is 0.854. The zero-order valence-corrected chi connectivity index (χ0v) is 12.8. The smallest absolute Gasteiger partial charge is 0.151 e. The summed E-state index contributed by atoms with van der Waals surface area (Å²) < 4.78 is 12.9. The minimum Gasteiger partial charge on any atom is -0.361 e. The van der Waals surface area contributed by atoms with Crippen LogP contribution in [0.3, 0.4) is 0 Å². The maximum Gasteiger partial charge on any atom is 0.151 e.